The molecule has 0 radical (unpaired) electrons. The smallest absolute Gasteiger partial charge is 0.241 e. The summed E-state index contributed by atoms with van der Waals surface area (Å²) in [7, 11) is -2.27. The Labute approximate surface area is 165 Å². The van der Waals surface area contributed by atoms with Crippen LogP contribution in [-0.4, -0.2) is 21.1 Å². The third-order valence-electron chi connectivity index (χ3n) is 5.22. The zero-order chi connectivity index (χ0) is 19.7. The molecule has 0 fully saturated rings. The molecule has 0 saturated carbocycles. The van der Waals surface area contributed by atoms with Crippen LogP contribution in [0.1, 0.15) is 44.7 Å². The molecule has 0 saturated heterocycles. The molecule has 1 aliphatic heterocycles. The summed E-state index contributed by atoms with van der Waals surface area (Å²) in [6.45, 7) is 4.12. The van der Waals surface area contributed by atoms with Gasteiger partial charge in [-0.15, -0.1) is 0 Å². The minimum absolute atomic E-state index is 0.107. The van der Waals surface area contributed by atoms with E-state index in [9.17, 15) is 8.42 Å². The van der Waals surface area contributed by atoms with Gasteiger partial charge in [0.15, 0.2) is 0 Å². The molecular formula is C20H24ClNO4S. The molecule has 0 aromatic heterocycles. The first-order valence-corrected chi connectivity index (χ1v) is 10.8. The Balaban J connectivity index is 1.96. The monoisotopic (exact) mass is 409 g/mol. The highest BCUT2D eigenvalue weighted by Gasteiger charge is 2.40. The predicted molar refractivity (Wildman–Crippen MR) is 106 cm³/mol. The van der Waals surface area contributed by atoms with E-state index in [1.54, 1.807) is 6.07 Å². The lowest BCUT2D eigenvalue weighted by Gasteiger charge is -2.41. The van der Waals surface area contributed by atoms with Crippen LogP contribution in [0.25, 0.3) is 0 Å². The summed E-state index contributed by atoms with van der Waals surface area (Å²) >= 11 is 6.11. The van der Waals surface area contributed by atoms with Gasteiger partial charge in [0.1, 0.15) is 17.1 Å². The van der Waals surface area contributed by atoms with Crippen molar-refractivity contribution in [1.82, 2.24) is 4.72 Å². The first-order valence-electron chi connectivity index (χ1n) is 8.98. The van der Waals surface area contributed by atoms with Gasteiger partial charge in [-0.25, -0.2) is 13.1 Å². The van der Waals surface area contributed by atoms with Crippen LogP contribution in [0.4, 0.5) is 0 Å². The topological polar surface area (TPSA) is 64.6 Å². The highest BCUT2D eigenvalue weighted by molar-refractivity contribution is 7.89. The Morgan fingerprint density at radius 3 is 2.56 bits per heavy atom. The molecule has 27 heavy (non-hydrogen) atoms. The number of methoxy groups -OCH3 is 1. The standard InChI is InChI=1S/C20H24ClNO4S/c1-4-20(5-2)13-17(15-8-6-7-9-18(15)26-20)22-27(23,24)14-10-11-19(25-3)16(21)12-14/h6-12,17,22H,4-5,13H2,1-3H3/t17-/m1/s1. The summed E-state index contributed by atoms with van der Waals surface area (Å²) in [5.74, 6) is 1.16. The molecule has 146 valence electrons. The fourth-order valence-electron chi connectivity index (χ4n) is 3.48. The third kappa shape index (κ3) is 3.93. The summed E-state index contributed by atoms with van der Waals surface area (Å²) in [6.07, 6.45) is 2.16. The van der Waals surface area contributed by atoms with E-state index < -0.39 is 10.0 Å². The van der Waals surface area contributed by atoms with Gasteiger partial charge in [0, 0.05) is 12.0 Å². The van der Waals surface area contributed by atoms with E-state index in [1.807, 2.05) is 24.3 Å². The van der Waals surface area contributed by atoms with Crippen LogP contribution in [0, 0.1) is 0 Å². The molecule has 1 heterocycles. The van der Waals surface area contributed by atoms with Gasteiger partial charge in [0.05, 0.1) is 23.1 Å². The van der Waals surface area contributed by atoms with Crippen LogP contribution in [0.15, 0.2) is 47.4 Å². The van der Waals surface area contributed by atoms with E-state index in [-0.39, 0.29) is 21.6 Å². The second kappa shape index (κ2) is 7.70. The first kappa shape index (κ1) is 20.0. The van der Waals surface area contributed by atoms with Gasteiger partial charge in [0.2, 0.25) is 10.0 Å². The second-order valence-corrected chi connectivity index (χ2v) is 8.83. The molecule has 0 bridgehead atoms. The Hall–Kier alpha value is -1.76. The Morgan fingerprint density at radius 2 is 1.93 bits per heavy atom. The van der Waals surface area contributed by atoms with Crippen LogP contribution in [0.5, 0.6) is 11.5 Å². The molecule has 1 atom stereocenters. The van der Waals surface area contributed by atoms with Crippen molar-refractivity contribution >= 4 is 21.6 Å². The molecule has 5 nitrogen and oxygen atoms in total. The molecule has 2 aromatic carbocycles. The number of sulfonamides is 1. The van der Waals surface area contributed by atoms with Gasteiger partial charge in [-0.2, -0.15) is 0 Å². The van der Waals surface area contributed by atoms with Crippen LogP contribution >= 0.6 is 11.6 Å². The van der Waals surface area contributed by atoms with Crippen molar-refractivity contribution in [3.63, 3.8) is 0 Å². The molecular weight excluding hydrogens is 386 g/mol. The SMILES string of the molecule is CCC1(CC)C[C@@H](NS(=O)(=O)c2ccc(OC)c(Cl)c2)c2ccccc2O1. The third-order valence-corrected chi connectivity index (χ3v) is 6.98. The molecule has 3 rings (SSSR count). The number of benzene rings is 2. The molecule has 0 aliphatic carbocycles. The van der Waals surface area contributed by atoms with E-state index >= 15 is 0 Å². The van der Waals surface area contributed by atoms with Crippen molar-refractivity contribution < 1.29 is 17.9 Å². The Kier molecular flexibility index (Phi) is 5.70. The molecule has 1 aliphatic rings. The number of fused-ring (bicyclic) bond motifs is 1. The normalized spacial score (nSPS) is 18.4. The average molecular weight is 410 g/mol. The largest absolute Gasteiger partial charge is 0.495 e. The highest BCUT2D eigenvalue weighted by atomic mass is 35.5. The van der Waals surface area contributed by atoms with Crippen LogP contribution in [0.2, 0.25) is 5.02 Å². The van der Waals surface area contributed by atoms with Gasteiger partial charge < -0.3 is 9.47 Å². The summed E-state index contributed by atoms with van der Waals surface area (Å²) in [5.41, 5.74) is 0.456. The van der Waals surface area contributed by atoms with E-state index in [1.165, 1.54) is 19.2 Å². The van der Waals surface area contributed by atoms with E-state index in [4.69, 9.17) is 21.1 Å². The van der Waals surface area contributed by atoms with Crippen molar-refractivity contribution in [2.24, 2.45) is 0 Å². The van der Waals surface area contributed by atoms with E-state index in [2.05, 4.69) is 18.6 Å². The number of para-hydroxylation sites is 1. The summed E-state index contributed by atoms with van der Waals surface area (Å²) in [4.78, 5) is 0.107. The van der Waals surface area contributed by atoms with Crippen molar-refractivity contribution in [1.29, 1.82) is 0 Å². The fraction of sp³-hybridized carbons (Fsp3) is 0.400. The van der Waals surface area contributed by atoms with Gasteiger partial charge in [-0.1, -0.05) is 43.6 Å². The number of rotatable bonds is 6. The summed E-state index contributed by atoms with van der Waals surface area (Å²) in [5, 5.41) is 0.254. The lowest BCUT2D eigenvalue weighted by molar-refractivity contribution is 0.0260. The number of halogens is 1. The van der Waals surface area contributed by atoms with Crippen molar-refractivity contribution in [2.45, 2.75) is 49.6 Å². The minimum Gasteiger partial charge on any atom is -0.495 e. The Morgan fingerprint density at radius 1 is 1.22 bits per heavy atom. The van der Waals surface area contributed by atoms with Crippen molar-refractivity contribution in [2.75, 3.05) is 7.11 Å². The second-order valence-electron chi connectivity index (χ2n) is 6.70. The summed E-state index contributed by atoms with van der Waals surface area (Å²) in [6, 6.07) is 11.6. The number of ether oxygens (including phenoxy) is 2. The van der Waals surface area contributed by atoms with Crippen molar-refractivity contribution in [3.05, 3.63) is 53.1 Å². The van der Waals surface area contributed by atoms with Crippen molar-refractivity contribution in [3.8, 4) is 11.5 Å². The molecule has 0 spiro atoms. The molecule has 7 heteroatoms. The average Bonchev–Trinajstić information content (AvgIpc) is 2.67. The first-order chi connectivity index (χ1) is 12.8. The molecule has 0 unspecified atom stereocenters. The number of hydrogen-bond donors (Lipinski definition) is 1. The maximum absolute atomic E-state index is 13.0. The zero-order valence-electron chi connectivity index (χ0n) is 15.7. The molecule has 1 N–H and O–H groups in total. The van der Waals surface area contributed by atoms with Gasteiger partial charge in [-0.05, 0) is 37.1 Å². The van der Waals surface area contributed by atoms with Gasteiger partial charge in [0.25, 0.3) is 0 Å². The molecule has 0 amide bonds. The van der Waals surface area contributed by atoms with Crippen LogP contribution < -0.4 is 14.2 Å². The minimum atomic E-state index is -3.76. The number of nitrogens with one attached hydrogen (secondary N) is 1. The molecule has 2 aromatic rings. The fourth-order valence-corrected chi connectivity index (χ4v) is 5.04. The maximum Gasteiger partial charge on any atom is 0.241 e. The Bertz CT molecular complexity index is 925. The maximum atomic E-state index is 13.0. The van der Waals surface area contributed by atoms with E-state index in [0.717, 1.165) is 24.2 Å². The van der Waals surface area contributed by atoms with Gasteiger partial charge >= 0.3 is 0 Å². The zero-order valence-corrected chi connectivity index (χ0v) is 17.2. The van der Waals surface area contributed by atoms with E-state index in [0.29, 0.717) is 12.2 Å². The lowest BCUT2D eigenvalue weighted by Crippen LogP contribution is -2.44. The quantitative estimate of drug-likeness (QED) is 0.750. The lowest BCUT2D eigenvalue weighted by atomic mass is 9.84. The summed E-state index contributed by atoms with van der Waals surface area (Å²) < 4.78 is 40.2. The number of hydrogen-bond acceptors (Lipinski definition) is 4. The van der Waals surface area contributed by atoms with Crippen LogP contribution in [0.3, 0.4) is 0 Å². The predicted octanol–water partition coefficient (Wildman–Crippen LogP) is 4.71. The van der Waals surface area contributed by atoms with Gasteiger partial charge in [-0.3, -0.25) is 0 Å². The van der Waals surface area contributed by atoms with Crippen LogP contribution in [-0.2, 0) is 10.0 Å². The highest BCUT2D eigenvalue weighted by Crippen LogP contribution is 2.43.